The first-order valence-electron chi connectivity index (χ1n) is 13.7. The summed E-state index contributed by atoms with van der Waals surface area (Å²) in [5.74, 6) is -0.899. The van der Waals surface area contributed by atoms with E-state index < -0.39 is 11.8 Å². The summed E-state index contributed by atoms with van der Waals surface area (Å²) in [7, 11) is 4.68. The minimum Gasteiger partial charge on any atom is -0.469 e. The minimum absolute atomic E-state index is 0.0134. The van der Waals surface area contributed by atoms with Crippen molar-refractivity contribution in [1.82, 2.24) is 0 Å². The van der Waals surface area contributed by atoms with Crippen LogP contribution in [-0.2, 0) is 19.0 Å². The van der Waals surface area contributed by atoms with Crippen molar-refractivity contribution in [3.8, 4) is 0 Å². The summed E-state index contributed by atoms with van der Waals surface area (Å²) >= 11 is 5.87. The molecule has 2 aromatic rings. The van der Waals surface area contributed by atoms with Crippen molar-refractivity contribution in [2.45, 2.75) is 64.0 Å². The van der Waals surface area contributed by atoms with Crippen LogP contribution in [0.3, 0.4) is 0 Å². The van der Waals surface area contributed by atoms with Crippen LogP contribution in [0.25, 0.3) is 0 Å². The predicted molar refractivity (Wildman–Crippen MR) is 157 cm³/mol. The number of amides is 2. The summed E-state index contributed by atoms with van der Waals surface area (Å²) in [5, 5.41) is 5.77. The number of ether oxygens (including phenoxy) is 3. The van der Waals surface area contributed by atoms with Crippen molar-refractivity contribution >= 4 is 40.7 Å². The number of halogens is 2. The lowest BCUT2D eigenvalue weighted by atomic mass is 9.90. The second-order valence-electron chi connectivity index (χ2n) is 10.6. The van der Waals surface area contributed by atoms with Gasteiger partial charge in [-0.05, 0) is 67.5 Å². The Bertz CT molecular complexity index is 1140. The molecular formula is C30H41ClFN3O5. The molecule has 10 heteroatoms. The molecule has 220 valence electrons. The monoisotopic (exact) mass is 577 g/mol. The highest BCUT2D eigenvalue weighted by Gasteiger charge is 2.29. The molecule has 1 aliphatic rings. The number of hydrogen-bond donors (Lipinski definition) is 2. The first-order chi connectivity index (χ1) is 19.1. The topological polar surface area (TPSA) is 89.1 Å². The van der Waals surface area contributed by atoms with E-state index in [1.165, 1.54) is 19.2 Å². The average molecular weight is 578 g/mol. The van der Waals surface area contributed by atoms with Crippen LogP contribution in [-0.4, -0.2) is 58.6 Å². The number of urea groups is 1. The summed E-state index contributed by atoms with van der Waals surface area (Å²) in [6, 6.07) is 9.57. The molecule has 0 aromatic heterocycles. The molecule has 1 saturated carbocycles. The van der Waals surface area contributed by atoms with Crippen LogP contribution in [0.1, 0.15) is 57.4 Å². The highest BCUT2D eigenvalue weighted by atomic mass is 35.5. The number of anilines is 3. The van der Waals surface area contributed by atoms with E-state index in [2.05, 4.69) is 29.4 Å². The van der Waals surface area contributed by atoms with E-state index >= 15 is 0 Å². The Morgan fingerprint density at radius 2 is 1.73 bits per heavy atom. The summed E-state index contributed by atoms with van der Waals surface area (Å²) in [6.45, 7) is 5.41. The molecule has 1 unspecified atom stereocenters. The van der Waals surface area contributed by atoms with Crippen LogP contribution in [0.4, 0.5) is 26.2 Å². The number of carbonyl (C=O) groups excluding carboxylic acids is 2. The van der Waals surface area contributed by atoms with Gasteiger partial charge in [0.1, 0.15) is 5.82 Å². The van der Waals surface area contributed by atoms with Gasteiger partial charge < -0.3 is 29.7 Å². The molecule has 0 radical (unpaired) electrons. The fourth-order valence-electron chi connectivity index (χ4n) is 5.21. The number of esters is 1. The number of carbonyl (C=O) groups is 2. The van der Waals surface area contributed by atoms with Gasteiger partial charge in [-0.3, -0.25) is 4.79 Å². The standard InChI is InChI=1S/C30H41ClFN3O5/c1-19(2)17-35(23-8-10-24(39-4)11-9-23)28-13-6-20(21(18-38-3)15-29(36)40-5)14-27(28)34-30(37)33-26-12-7-22(31)16-25(26)32/h6-7,12-14,16,19,21,23-24H,8-11,15,17-18H2,1-5H3,(H2,33,34,37)/t21?,23-,24-. The van der Waals surface area contributed by atoms with Gasteiger partial charge in [-0.15, -0.1) is 0 Å². The van der Waals surface area contributed by atoms with E-state index in [4.69, 9.17) is 25.8 Å². The third-order valence-corrected chi connectivity index (χ3v) is 7.45. The van der Waals surface area contributed by atoms with Crippen molar-refractivity contribution in [3.63, 3.8) is 0 Å². The van der Waals surface area contributed by atoms with Crippen molar-refractivity contribution in [3.05, 3.63) is 52.8 Å². The lowest BCUT2D eigenvalue weighted by molar-refractivity contribution is -0.141. The highest BCUT2D eigenvalue weighted by molar-refractivity contribution is 6.30. The molecule has 0 bridgehead atoms. The molecule has 0 spiro atoms. The largest absolute Gasteiger partial charge is 0.469 e. The molecule has 2 N–H and O–H groups in total. The number of nitrogens with zero attached hydrogens (tertiary/aromatic N) is 1. The molecule has 0 aliphatic heterocycles. The Kier molecular flexibility index (Phi) is 12.0. The normalized spacial score (nSPS) is 17.8. The summed E-state index contributed by atoms with van der Waals surface area (Å²) in [5.41, 5.74) is 2.25. The number of benzene rings is 2. The molecule has 0 heterocycles. The van der Waals surface area contributed by atoms with Gasteiger partial charge in [0.25, 0.3) is 0 Å². The van der Waals surface area contributed by atoms with E-state index in [1.807, 2.05) is 18.2 Å². The predicted octanol–water partition coefficient (Wildman–Crippen LogP) is 6.84. The maximum absolute atomic E-state index is 14.4. The van der Waals surface area contributed by atoms with Crippen molar-refractivity contribution in [1.29, 1.82) is 0 Å². The first kappa shape index (κ1) is 31.6. The van der Waals surface area contributed by atoms with Crippen molar-refractivity contribution < 1.29 is 28.2 Å². The van der Waals surface area contributed by atoms with Crippen LogP contribution >= 0.6 is 11.6 Å². The van der Waals surface area contributed by atoms with Crippen LogP contribution in [0.2, 0.25) is 5.02 Å². The summed E-state index contributed by atoms with van der Waals surface area (Å²) in [4.78, 5) is 27.6. The molecule has 2 amide bonds. The SMILES string of the molecule is COCC(CC(=O)OC)c1ccc(N(CC(C)C)[C@H]2CC[C@H](OC)CC2)c(NC(=O)Nc2ccc(Cl)cc2F)c1. The molecule has 3 rings (SSSR count). The third kappa shape index (κ3) is 8.81. The zero-order valence-corrected chi connectivity index (χ0v) is 24.7. The average Bonchev–Trinajstić information content (AvgIpc) is 2.93. The van der Waals surface area contributed by atoms with Gasteiger partial charge in [-0.1, -0.05) is 31.5 Å². The van der Waals surface area contributed by atoms with Gasteiger partial charge in [0, 0.05) is 37.7 Å². The molecule has 40 heavy (non-hydrogen) atoms. The summed E-state index contributed by atoms with van der Waals surface area (Å²) < 4.78 is 30.3. The molecule has 1 fully saturated rings. The zero-order chi connectivity index (χ0) is 29.2. The van der Waals surface area contributed by atoms with Crippen LogP contribution in [0.15, 0.2) is 36.4 Å². The van der Waals surface area contributed by atoms with Crippen LogP contribution < -0.4 is 15.5 Å². The maximum atomic E-state index is 14.4. The van der Waals surface area contributed by atoms with E-state index in [0.29, 0.717) is 18.2 Å². The van der Waals surface area contributed by atoms with Gasteiger partial charge in [0.15, 0.2) is 0 Å². The number of rotatable bonds is 12. The number of methoxy groups -OCH3 is 3. The Morgan fingerprint density at radius 3 is 2.33 bits per heavy atom. The van der Waals surface area contributed by atoms with Gasteiger partial charge in [0.2, 0.25) is 0 Å². The Hall–Kier alpha value is -2.88. The first-order valence-corrected chi connectivity index (χ1v) is 14.0. The highest BCUT2D eigenvalue weighted by Crippen LogP contribution is 2.37. The summed E-state index contributed by atoms with van der Waals surface area (Å²) in [6.07, 6.45) is 4.23. The van der Waals surface area contributed by atoms with E-state index in [9.17, 15) is 14.0 Å². The minimum atomic E-state index is -0.633. The fourth-order valence-corrected chi connectivity index (χ4v) is 5.37. The van der Waals surface area contributed by atoms with E-state index in [0.717, 1.165) is 49.5 Å². The van der Waals surface area contributed by atoms with Crippen LogP contribution in [0, 0.1) is 11.7 Å². The van der Waals surface area contributed by atoms with Gasteiger partial charge in [0.05, 0.1) is 43.3 Å². The van der Waals surface area contributed by atoms with Gasteiger partial charge in [-0.25, -0.2) is 9.18 Å². The molecule has 0 saturated heterocycles. The maximum Gasteiger partial charge on any atom is 0.323 e. The van der Waals surface area contributed by atoms with Crippen LogP contribution in [0.5, 0.6) is 0 Å². The molecule has 8 nitrogen and oxygen atoms in total. The lowest BCUT2D eigenvalue weighted by Gasteiger charge is -2.40. The molecule has 1 atom stereocenters. The molecule has 2 aromatic carbocycles. The molecule has 1 aliphatic carbocycles. The second kappa shape index (κ2) is 15.2. The van der Waals surface area contributed by atoms with Crippen molar-refractivity contribution in [2.75, 3.05) is 50.0 Å². The van der Waals surface area contributed by atoms with E-state index in [1.54, 1.807) is 14.2 Å². The van der Waals surface area contributed by atoms with Crippen molar-refractivity contribution in [2.24, 2.45) is 5.92 Å². The Labute approximate surface area is 241 Å². The number of hydrogen-bond acceptors (Lipinski definition) is 6. The van der Waals surface area contributed by atoms with Gasteiger partial charge >= 0.3 is 12.0 Å². The number of nitrogens with one attached hydrogen (secondary N) is 2. The van der Waals surface area contributed by atoms with E-state index in [-0.39, 0.29) is 41.2 Å². The second-order valence-corrected chi connectivity index (χ2v) is 11.1. The quantitative estimate of drug-likeness (QED) is 0.269. The Morgan fingerprint density at radius 1 is 1.02 bits per heavy atom. The van der Waals surface area contributed by atoms with Gasteiger partial charge in [-0.2, -0.15) is 0 Å². The zero-order valence-electron chi connectivity index (χ0n) is 24.0. The fraction of sp³-hybridized carbons (Fsp3) is 0.533. The molecular weight excluding hydrogens is 537 g/mol. The Balaban J connectivity index is 1.99. The smallest absolute Gasteiger partial charge is 0.323 e. The third-order valence-electron chi connectivity index (χ3n) is 7.22. The lowest BCUT2D eigenvalue weighted by Crippen LogP contribution is -2.42.